The van der Waals surface area contributed by atoms with Crippen molar-refractivity contribution in [1.82, 2.24) is 10.2 Å². The fourth-order valence-corrected chi connectivity index (χ4v) is 1.98. The number of nitrogens with zero attached hydrogens (tertiary/aromatic N) is 2. The molecule has 5 heteroatoms. The SMILES string of the molecule is Cc1ccc(C(=O)Nc2nnc(C3CCC3)o2)cc1. The molecule has 1 saturated carbocycles. The first-order valence-corrected chi connectivity index (χ1v) is 6.44. The lowest BCUT2D eigenvalue weighted by molar-refractivity contribution is 0.102. The molecule has 0 saturated heterocycles. The lowest BCUT2D eigenvalue weighted by atomic mass is 9.85. The molecule has 0 aliphatic heterocycles. The Morgan fingerprint density at radius 3 is 2.63 bits per heavy atom. The van der Waals surface area contributed by atoms with E-state index >= 15 is 0 Å². The molecule has 0 bridgehead atoms. The summed E-state index contributed by atoms with van der Waals surface area (Å²) in [5, 5.41) is 10.4. The summed E-state index contributed by atoms with van der Waals surface area (Å²) in [7, 11) is 0. The lowest BCUT2D eigenvalue weighted by Crippen LogP contribution is -2.12. The van der Waals surface area contributed by atoms with Gasteiger partial charge in [0.15, 0.2) is 0 Å². The van der Waals surface area contributed by atoms with Crippen molar-refractivity contribution in [3.63, 3.8) is 0 Å². The first-order valence-electron chi connectivity index (χ1n) is 6.44. The second kappa shape index (κ2) is 4.84. The number of amides is 1. The fraction of sp³-hybridized carbons (Fsp3) is 0.357. The minimum atomic E-state index is -0.233. The van der Waals surface area contributed by atoms with Gasteiger partial charge >= 0.3 is 6.01 Å². The summed E-state index contributed by atoms with van der Waals surface area (Å²) in [5.41, 5.74) is 1.69. The zero-order valence-electron chi connectivity index (χ0n) is 10.7. The van der Waals surface area contributed by atoms with Crippen molar-refractivity contribution in [3.05, 3.63) is 41.3 Å². The van der Waals surface area contributed by atoms with Crippen molar-refractivity contribution in [2.24, 2.45) is 0 Å². The first kappa shape index (κ1) is 11.9. The molecular weight excluding hydrogens is 242 g/mol. The molecule has 1 aromatic carbocycles. The third-order valence-corrected chi connectivity index (χ3v) is 3.43. The summed E-state index contributed by atoms with van der Waals surface area (Å²) in [6.07, 6.45) is 3.39. The highest BCUT2D eigenvalue weighted by molar-refractivity contribution is 6.03. The third-order valence-electron chi connectivity index (χ3n) is 3.43. The minimum absolute atomic E-state index is 0.174. The quantitative estimate of drug-likeness (QED) is 0.918. The second-order valence-corrected chi connectivity index (χ2v) is 4.89. The van der Waals surface area contributed by atoms with E-state index in [0.717, 1.165) is 18.4 Å². The van der Waals surface area contributed by atoms with E-state index in [0.29, 0.717) is 17.4 Å². The Balaban J connectivity index is 1.68. The highest BCUT2D eigenvalue weighted by atomic mass is 16.4. The molecule has 0 atom stereocenters. The van der Waals surface area contributed by atoms with Crippen LogP contribution in [0.3, 0.4) is 0 Å². The minimum Gasteiger partial charge on any atom is -0.408 e. The summed E-state index contributed by atoms with van der Waals surface area (Å²) in [5.74, 6) is 0.770. The number of carbonyl (C=O) groups is 1. The van der Waals surface area contributed by atoms with Crippen LogP contribution in [0, 0.1) is 6.92 Å². The zero-order valence-corrected chi connectivity index (χ0v) is 10.7. The smallest absolute Gasteiger partial charge is 0.322 e. The monoisotopic (exact) mass is 257 g/mol. The molecule has 3 rings (SSSR count). The molecule has 5 nitrogen and oxygen atoms in total. The highest BCUT2D eigenvalue weighted by Gasteiger charge is 2.25. The van der Waals surface area contributed by atoms with Crippen LogP contribution in [0.25, 0.3) is 0 Å². The van der Waals surface area contributed by atoms with Crippen LogP contribution in [-0.2, 0) is 0 Å². The van der Waals surface area contributed by atoms with Crippen LogP contribution >= 0.6 is 0 Å². The van der Waals surface area contributed by atoms with E-state index < -0.39 is 0 Å². The Bertz CT molecular complexity index is 585. The van der Waals surface area contributed by atoms with Gasteiger partial charge in [-0.15, -0.1) is 5.10 Å². The molecule has 1 amide bonds. The molecule has 1 aliphatic rings. The van der Waals surface area contributed by atoms with Gasteiger partial charge in [-0.1, -0.05) is 29.2 Å². The zero-order chi connectivity index (χ0) is 13.2. The van der Waals surface area contributed by atoms with Crippen LogP contribution in [0.2, 0.25) is 0 Å². The van der Waals surface area contributed by atoms with E-state index in [2.05, 4.69) is 15.5 Å². The molecule has 1 heterocycles. The lowest BCUT2D eigenvalue weighted by Gasteiger charge is -2.20. The van der Waals surface area contributed by atoms with Crippen LogP contribution in [0.1, 0.15) is 47.0 Å². The van der Waals surface area contributed by atoms with E-state index in [1.54, 1.807) is 12.1 Å². The number of carbonyl (C=O) groups excluding carboxylic acids is 1. The molecule has 1 aliphatic carbocycles. The molecule has 0 unspecified atom stereocenters. The van der Waals surface area contributed by atoms with Crippen molar-refractivity contribution in [2.45, 2.75) is 32.1 Å². The van der Waals surface area contributed by atoms with Gasteiger partial charge in [-0.25, -0.2) is 0 Å². The van der Waals surface area contributed by atoms with Gasteiger partial charge in [0.2, 0.25) is 5.89 Å². The molecule has 0 spiro atoms. The molecule has 19 heavy (non-hydrogen) atoms. The van der Waals surface area contributed by atoms with Crippen molar-refractivity contribution in [2.75, 3.05) is 5.32 Å². The Morgan fingerprint density at radius 2 is 2.00 bits per heavy atom. The van der Waals surface area contributed by atoms with Gasteiger partial charge in [0.05, 0.1) is 0 Å². The average molecular weight is 257 g/mol. The van der Waals surface area contributed by atoms with Gasteiger partial charge in [0, 0.05) is 11.5 Å². The number of rotatable bonds is 3. The predicted octanol–water partition coefficient (Wildman–Crippen LogP) is 2.90. The van der Waals surface area contributed by atoms with Crippen molar-refractivity contribution in [1.29, 1.82) is 0 Å². The van der Waals surface area contributed by atoms with Gasteiger partial charge in [0.25, 0.3) is 5.91 Å². The van der Waals surface area contributed by atoms with Gasteiger partial charge in [-0.2, -0.15) is 0 Å². The third kappa shape index (κ3) is 2.50. The number of benzene rings is 1. The predicted molar refractivity (Wildman–Crippen MR) is 70.0 cm³/mol. The highest BCUT2D eigenvalue weighted by Crippen LogP contribution is 2.35. The van der Waals surface area contributed by atoms with Crippen molar-refractivity contribution in [3.8, 4) is 0 Å². The summed E-state index contributed by atoms with van der Waals surface area (Å²) in [6, 6.07) is 7.50. The summed E-state index contributed by atoms with van der Waals surface area (Å²) in [4.78, 5) is 11.9. The van der Waals surface area contributed by atoms with Crippen LogP contribution in [0.15, 0.2) is 28.7 Å². The standard InChI is InChI=1S/C14H15N3O2/c1-9-5-7-10(8-6-9)12(18)15-14-17-16-13(19-14)11-3-2-4-11/h5-8,11H,2-4H2,1H3,(H,15,17,18). The largest absolute Gasteiger partial charge is 0.408 e. The van der Waals surface area contributed by atoms with E-state index in [-0.39, 0.29) is 11.9 Å². The van der Waals surface area contributed by atoms with Gasteiger partial charge in [0.1, 0.15) is 0 Å². The van der Waals surface area contributed by atoms with Crippen LogP contribution in [0.4, 0.5) is 6.01 Å². The second-order valence-electron chi connectivity index (χ2n) is 4.89. The van der Waals surface area contributed by atoms with E-state index in [1.807, 2.05) is 19.1 Å². The summed E-state index contributed by atoms with van der Waals surface area (Å²) in [6.45, 7) is 1.98. The van der Waals surface area contributed by atoms with Gasteiger partial charge in [-0.3, -0.25) is 10.1 Å². The van der Waals surface area contributed by atoms with Crippen LogP contribution in [-0.4, -0.2) is 16.1 Å². The Hall–Kier alpha value is -2.17. The van der Waals surface area contributed by atoms with E-state index in [1.165, 1.54) is 6.42 Å². The number of hydrogen-bond acceptors (Lipinski definition) is 4. The molecule has 0 radical (unpaired) electrons. The maximum Gasteiger partial charge on any atom is 0.322 e. The average Bonchev–Trinajstić information content (AvgIpc) is 2.76. The number of aryl methyl sites for hydroxylation is 1. The number of hydrogen-bond donors (Lipinski definition) is 1. The van der Waals surface area contributed by atoms with Gasteiger partial charge in [-0.05, 0) is 31.9 Å². The first-order chi connectivity index (χ1) is 9.22. The van der Waals surface area contributed by atoms with Crippen molar-refractivity contribution >= 4 is 11.9 Å². The number of aromatic nitrogens is 2. The van der Waals surface area contributed by atoms with Gasteiger partial charge < -0.3 is 4.42 Å². The molecule has 1 N–H and O–H groups in total. The molecule has 2 aromatic rings. The van der Waals surface area contributed by atoms with Crippen molar-refractivity contribution < 1.29 is 9.21 Å². The Kier molecular flexibility index (Phi) is 3.03. The summed E-state index contributed by atoms with van der Waals surface area (Å²) >= 11 is 0. The molecule has 1 aromatic heterocycles. The molecule has 1 fully saturated rings. The fourth-order valence-electron chi connectivity index (χ4n) is 1.98. The normalized spacial score (nSPS) is 15.0. The molecule has 98 valence electrons. The van der Waals surface area contributed by atoms with Crippen LogP contribution < -0.4 is 5.32 Å². The van der Waals surface area contributed by atoms with E-state index in [9.17, 15) is 4.79 Å². The van der Waals surface area contributed by atoms with Crippen LogP contribution in [0.5, 0.6) is 0 Å². The summed E-state index contributed by atoms with van der Waals surface area (Å²) < 4.78 is 5.45. The maximum absolute atomic E-state index is 11.9. The van der Waals surface area contributed by atoms with E-state index in [4.69, 9.17) is 4.42 Å². The Morgan fingerprint density at radius 1 is 1.26 bits per heavy atom. The number of nitrogens with one attached hydrogen (secondary N) is 1. The maximum atomic E-state index is 11.9. The topological polar surface area (TPSA) is 68.0 Å². The number of anilines is 1. The molecular formula is C14H15N3O2. The Labute approximate surface area is 111 Å².